The number of aliphatic hydroxyl groups is 2. The van der Waals surface area contributed by atoms with Gasteiger partial charge in [0.05, 0.1) is 31.3 Å². The smallest absolute Gasteiger partial charge is 0.307 e. The lowest BCUT2D eigenvalue weighted by Gasteiger charge is -2.71. The number of hydrogen-bond donors (Lipinski definition) is 2. The van der Waals surface area contributed by atoms with Gasteiger partial charge in [-0.3, -0.25) is 19.3 Å². The quantitative estimate of drug-likeness (QED) is 0.372. The van der Waals surface area contributed by atoms with Crippen LogP contribution < -0.4 is 0 Å². The number of hydrogen-bond acceptors (Lipinski definition) is 10. The van der Waals surface area contributed by atoms with Crippen molar-refractivity contribution in [2.45, 2.75) is 102 Å². The molecule has 0 radical (unpaired) electrons. The first-order valence-electron chi connectivity index (χ1n) is 14.0. The first-order valence-corrected chi connectivity index (χ1v) is 14.0. The van der Waals surface area contributed by atoms with Gasteiger partial charge in [-0.2, -0.15) is 0 Å². The van der Waals surface area contributed by atoms with E-state index in [1.165, 1.54) is 19.9 Å². The van der Waals surface area contributed by atoms with Crippen molar-refractivity contribution >= 4 is 17.7 Å². The van der Waals surface area contributed by atoms with Crippen molar-refractivity contribution in [2.24, 2.45) is 16.7 Å². The number of carbonyl (C=O) groups excluding carboxylic acids is 3. The van der Waals surface area contributed by atoms with Crippen molar-refractivity contribution in [1.29, 1.82) is 0 Å². The summed E-state index contributed by atoms with van der Waals surface area (Å²) < 4.78 is 23.9. The number of esters is 2. The fraction of sp³-hybridized carbons (Fsp3) is 0.828. The summed E-state index contributed by atoms with van der Waals surface area (Å²) >= 11 is 0. The zero-order chi connectivity index (χ0) is 29.0. The first-order chi connectivity index (χ1) is 18.1. The van der Waals surface area contributed by atoms with Gasteiger partial charge in [0.1, 0.15) is 11.7 Å². The highest BCUT2D eigenvalue weighted by Crippen LogP contribution is 2.67. The van der Waals surface area contributed by atoms with Crippen LogP contribution in [0.15, 0.2) is 12.7 Å². The van der Waals surface area contributed by atoms with Crippen molar-refractivity contribution in [3.63, 3.8) is 0 Å². The maximum Gasteiger partial charge on any atom is 0.307 e. The van der Waals surface area contributed by atoms with E-state index in [0.29, 0.717) is 45.7 Å². The standard InChI is InChI=1S/C29H45NO9/c1-8-26(5)17-20(33)29(35)27(6)19(32)9-11-25(3,4)23(27)22(24(37-18(2)31)28(29,7)39-26)38-21(34)10-12-30-13-15-36-16-14-30/h8,19,22-24,32,35H,1,9-17H2,2-7H3/t19?,22-,23-,24-,26-,27-,28+,29-/m0/s1. The van der Waals surface area contributed by atoms with Crippen molar-refractivity contribution in [2.75, 3.05) is 32.8 Å². The van der Waals surface area contributed by atoms with Crippen LogP contribution in [0.4, 0.5) is 0 Å². The summed E-state index contributed by atoms with van der Waals surface area (Å²) in [6, 6.07) is 0. The molecule has 1 unspecified atom stereocenters. The van der Waals surface area contributed by atoms with Crippen LogP contribution >= 0.6 is 0 Å². The van der Waals surface area contributed by atoms with Crippen molar-refractivity contribution in [3.05, 3.63) is 12.7 Å². The Bertz CT molecular complexity index is 1010. The second-order valence-electron chi connectivity index (χ2n) is 13.0. The predicted molar refractivity (Wildman–Crippen MR) is 141 cm³/mol. The Kier molecular flexibility index (Phi) is 7.88. The monoisotopic (exact) mass is 551 g/mol. The molecule has 8 atom stereocenters. The molecular formula is C29H45NO9. The Morgan fingerprint density at radius 1 is 1.15 bits per heavy atom. The molecule has 2 saturated carbocycles. The number of morpholine rings is 1. The third-order valence-corrected chi connectivity index (χ3v) is 10.00. The SMILES string of the molecule is C=C[C@@]1(C)CC(=O)[C@]2(O)[C@@]3(C)C(O)CCC(C)(C)[C@@H]3[C@H](OC(=O)CCN3CCOCC3)[C@H](OC(C)=O)[C@@]2(C)O1. The number of carbonyl (C=O) groups is 3. The molecule has 2 saturated heterocycles. The van der Waals surface area contributed by atoms with Gasteiger partial charge in [-0.15, -0.1) is 6.58 Å². The summed E-state index contributed by atoms with van der Waals surface area (Å²) in [5, 5.41) is 24.2. The van der Waals surface area contributed by atoms with Gasteiger partial charge in [-0.05, 0) is 32.1 Å². The molecule has 2 heterocycles. The zero-order valence-corrected chi connectivity index (χ0v) is 24.2. The maximum absolute atomic E-state index is 14.0. The van der Waals surface area contributed by atoms with Crippen LogP contribution in [-0.4, -0.2) is 101 Å². The second kappa shape index (κ2) is 10.2. The summed E-state index contributed by atoms with van der Waals surface area (Å²) in [5.41, 5.74) is -7.36. The fourth-order valence-electron chi connectivity index (χ4n) is 8.03. The van der Waals surface area contributed by atoms with E-state index < -0.39 is 69.6 Å². The molecule has 4 rings (SSSR count). The molecule has 0 bridgehead atoms. The molecule has 2 N–H and O–H groups in total. The van der Waals surface area contributed by atoms with E-state index in [2.05, 4.69) is 11.5 Å². The normalized spacial score (nSPS) is 44.1. The summed E-state index contributed by atoms with van der Waals surface area (Å²) in [6.07, 6.45) is -1.22. The molecule has 4 aliphatic rings. The molecule has 0 aromatic heterocycles. The van der Waals surface area contributed by atoms with E-state index in [1.807, 2.05) is 13.8 Å². The van der Waals surface area contributed by atoms with Crippen molar-refractivity contribution in [1.82, 2.24) is 4.90 Å². The van der Waals surface area contributed by atoms with E-state index in [1.54, 1.807) is 13.8 Å². The van der Waals surface area contributed by atoms with Crippen LogP contribution in [0.5, 0.6) is 0 Å². The molecular weight excluding hydrogens is 506 g/mol. The number of Topliss-reactive ketones (excluding diaryl/α,β-unsaturated/α-hetero) is 1. The van der Waals surface area contributed by atoms with Gasteiger partial charge >= 0.3 is 11.9 Å². The summed E-state index contributed by atoms with van der Waals surface area (Å²) in [4.78, 5) is 42.0. The van der Waals surface area contributed by atoms with Crippen LogP contribution in [0, 0.1) is 16.7 Å². The van der Waals surface area contributed by atoms with E-state index in [4.69, 9.17) is 18.9 Å². The lowest BCUT2D eigenvalue weighted by molar-refractivity contribution is -0.371. The average Bonchev–Trinajstić information content (AvgIpc) is 2.86. The van der Waals surface area contributed by atoms with Gasteiger partial charge in [0.25, 0.3) is 0 Å². The van der Waals surface area contributed by atoms with E-state index in [9.17, 15) is 24.6 Å². The summed E-state index contributed by atoms with van der Waals surface area (Å²) in [6.45, 7) is 17.0. The van der Waals surface area contributed by atoms with Crippen LogP contribution in [-0.2, 0) is 33.3 Å². The minimum absolute atomic E-state index is 0.0981. The third kappa shape index (κ3) is 4.66. The van der Waals surface area contributed by atoms with Crippen molar-refractivity contribution in [3.8, 4) is 0 Å². The van der Waals surface area contributed by atoms with Crippen LogP contribution in [0.1, 0.15) is 67.2 Å². The molecule has 39 heavy (non-hydrogen) atoms. The highest BCUT2D eigenvalue weighted by molar-refractivity contribution is 5.92. The summed E-state index contributed by atoms with van der Waals surface area (Å²) in [5.74, 6) is -2.43. The number of ether oxygens (including phenoxy) is 4. The Labute approximate surface area is 231 Å². The second-order valence-corrected chi connectivity index (χ2v) is 13.0. The molecule has 0 amide bonds. The van der Waals surface area contributed by atoms with Gasteiger partial charge in [-0.1, -0.05) is 26.8 Å². The predicted octanol–water partition coefficient (Wildman–Crippen LogP) is 1.79. The molecule has 220 valence electrons. The van der Waals surface area contributed by atoms with Gasteiger partial charge in [-0.25, -0.2) is 0 Å². The number of aliphatic hydroxyl groups excluding tert-OH is 1. The average molecular weight is 552 g/mol. The Morgan fingerprint density at radius 3 is 2.38 bits per heavy atom. The summed E-state index contributed by atoms with van der Waals surface area (Å²) in [7, 11) is 0. The number of ketones is 1. The number of fused-ring (bicyclic) bond motifs is 3. The molecule has 0 spiro atoms. The Balaban J connectivity index is 1.83. The zero-order valence-electron chi connectivity index (χ0n) is 24.2. The van der Waals surface area contributed by atoms with E-state index >= 15 is 0 Å². The molecule has 10 nitrogen and oxygen atoms in total. The molecule has 2 aliphatic heterocycles. The van der Waals surface area contributed by atoms with Crippen LogP contribution in [0.2, 0.25) is 0 Å². The van der Waals surface area contributed by atoms with Crippen molar-refractivity contribution < 1.29 is 43.5 Å². The highest BCUT2D eigenvalue weighted by Gasteiger charge is 2.82. The number of nitrogens with zero attached hydrogens (tertiary/aromatic N) is 1. The van der Waals surface area contributed by atoms with Gasteiger partial charge in [0.2, 0.25) is 0 Å². The Morgan fingerprint density at radius 2 is 1.79 bits per heavy atom. The van der Waals surface area contributed by atoms with Crippen LogP contribution in [0.3, 0.4) is 0 Å². The molecule has 0 aromatic carbocycles. The van der Waals surface area contributed by atoms with Gasteiger partial charge < -0.3 is 29.2 Å². The largest absolute Gasteiger partial charge is 0.458 e. The minimum Gasteiger partial charge on any atom is -0.458 e. The first kappa shape index (κ1) is 30.1. The topological polar surface area (TPSA) is 132 Å². The molecule has 0 aromatic rings. The number of rotatable bonds is 6. The third-order valence-electron chi connectivity index (χ3n) is 10.00. The van der Waals surface area contributed by atoms with E-state index in [0.717, 1.165) is 0 Å². The lowest BCUT2D eigenvalue weighted by atomic mass is 9.39. The van der Waals surface area contributed by atoms with Crippen LogP contribution in [0.25, 0.3) is 0 Å². The lowest BCUT2D eigenvalue weighted by Crippen LogP contribution is -2.87. The maximum atomic E-state index is 14.0. The molecule has 2 aliphatic carbocycles. The molecule has 4 fully saturated rings. The van der Waals surface area contributed by atoms with Gasteiger partial charge in [0.15, 0.2) is 17.5 Å². The fourth-order valence-corrected chi connectivity index (χ4v) is 8.03. The Hall–Kier alpha value is -1.85. The molecule has 10 heteroatoms. The minimum atomic E-state index is -2.25. The highest BCUT2D eigenvalue weighted by atomic mass is 16.6. The van der Waals surface area contributed by atoms with E-state index in [-0.39, 0.29) is 12.8 Å². The van der Waals surface area contributed by atoms with Gasteiger partial charge in [0, 0.05) is 44.3 Å².